The van der Waals surface area contributed by atoms with Crippen LogP contribution in [0.1, 0.15) is 235 Å². The first-order valence-electron chi connectivity index (χ1n) is 30.0. The van der Waals surface area contributed by atoms with Gasteiger partial charge in [-0.3, -0.25) is 0 Å². The predicted molar refractivity (Wildman–Crippen MR) is 332 cm³/mol. The molecule has 3 heterocycles. The van der Waals surface area contributed by atoms with Crippen molar-refractivity contribution in [3.05, 3.63) is 105 Å². The SMILES string of the molecule is C.C.CC1CCC(C)CC1.CC1CCC(C)CC1.CC1CCC(C)CC1.CC1CCC(C)OC1.CC1CCC(C)OC1.CC1COC(C)OC1.Cc1cc(F)c(C)c(F)c1.Cc1ccc(C)c(F)c1.Cc1ccc(C)cc1.[HH]. The van der Waals surface area contributed by atoms with Crippen molar-refractivity contribution in [3.8, 4) is 0 Å². The molecule has 0 bridgehead atoms. The van der Waals surface area contributed by atoms with Gasteiger partial charge in [-0.2, -0.15) is 0 Å². The smallest absolute Gasteiger partial charge is 0.154 e. The number of rotatable bonds is 0. The molecule has 9 rings (SSSR count). The fourth-order valence-corrected chi connectivity index (χ4v) is 9.11. The Morgan fingerprint density at radius 2 is 0.571 bits per heavy atom. The Morgan fingerprint density at radius 3 is 0.805 bits per heavy atom. The fourth-order valence-electron chi connectivity index (χ4n) is 9.11. The molecule has 4 nitrogen and oxygen atoms in total. The van der Waals surface area contributed by atoms with Crippen molar-refractivity contribution in [2.45, 2.75) is 261 Å². The summed E-state index contributed by atoms with van der Waals surface area (Å²) in [7, 11) is 0. The number of halogens is 3. The molecule has 3 aromatic carbocycles. The van der Waals surface area contributed by atoms with E-state index >= 15 is 0 Å². The van der Waals surface area contributed by atoms with Crippen LogP contribution in [0.5, 0.6) is 0 Å². The van der Waals surface area contributed by atoms with Gasteiger partial charge < -0.3 is 18.9 Å². The zero-order valence-electron chi connectivity index (χ0n) is 51.5. The van der Waals surface area contributed by atoms with Crippen LogP contribution in [0, 0.1) is 112 Å². The van der Waals surface area contributed by atoms with Gasteiger partial charge >= 0.3 is 0 Å². The van der Waals surface area contributed by atoms with Crippen molar-refractivity contribution in [1.29, 1.82) is 0 Å². The second-order valence-corrected chi connectivity index (χ2v) is 24.8. The average Bonchev–Trinajstić information content (AvgIpc) is 3.37. The Bertz CT molecular complexity index is 1570. The van der Waals surface area contributed by atoms with Gasteiger partial charge in [0.1, 0.15) is 17.5 Å². The van der Waals surface area contributed by atoms with Gasteiger partial charge in [-0.05, 0) is 170 Å². The molecule has 3 aliphatic heterocycles. The summed E-state index contributed by atoms with van der Waals surface area (Å²) in [6.07, 6.45) is 23.9. The third-order valence-corrected chi connectivity index (χ3v) is 15.6. The lowest BCUT2D eigenvalue weighted by molar-refractivity contribution is -0.187. The summed E-state index contributed by atoms with van der Waals surface area (Å²) in [6.45, 7) is 41.6. The highest BCUT2D eigenvalue weighted by Gasteiger charge is 2.17. The van der Waals surface area contributed by atoms with E-state index in [1.54, 1.807) is 19.9 Å². The molecule has 3 aromatic rings. The molecule has 450 valence electrons. The van der Waals surface area contributed by atoms with Gasteiger partial charge in [0.15, 0.2) is 6.29 Å². The maximum atomic E-state index is 12.6. The number of ether oxygens (including phenoxy) is 4. The molecular weight excluding hydrogens is 962 g/mol. The van der Waals surface area contributed by atoms with E-state index in [4.69, 9.17) is 18.9 Å². The third kappa shape index (κ3) is 40.2. The normalized spacial score (nSPS) is 28.2. The summed E-state index contributed by atoms with van der Waals surface area (Å²) in [5.74, 6) is 7.22. The highest BCUT2D eigenvalue weighted by molar-refractivity contribution is 5.24. The van der Waals surface area contributed by atoms with Crippen LogP contribution in [-0.2, 0) is 18.9 Å². The van der Waals surface area contributed by atoms with E-state index in [0.717, 1.165) is 79.3 Å². The van der Waals surface area contributed by atoms with Crippen molar-refractivity contribution in [2.75, 3.05) is 26.4 Å². The minimum atomic E-state index is -0.475. The zero-order chi connectivity index (χ0) is 56.5. The monoisotopic (exact) mass is 1090 g/mol. The highest BCUT2D eigenvalue weighted by atomic mass is 19.1. The summed E-state index contributed by atoms with van der Waals surface area (Å²) in [5.41, 5.74) is 5.04. The fraction of sp³-hybridized carbons (Fsp3) is 0.743. The molecule has 77 heavy (non-hydrogen) atoms. The Kier molecular flexibility index (Phi) is 43.6. The average molecular weight is 1090 g/mol. The number of benzene rings is 3. The largest absolute Gasteiger partial charge is 0.378 e. The van der Waals surface area contributed by atoms with Crippen LogP contribution in [0.3, 0.4) is 0 Å². The van der Waals surface area contributed by atoms with Crippen LogP contribution in [0.2, 0.25) is 0 Å². The van der Waals surface area contributed by atoms with Crippen molar-refractivity contribution in [3.63, 3.8) is 0 Å². The van der Waals surface area contributed by atoms with Crippen LogP contribution in [0.4, 0.5) is 13.2 Å². The molecule has 0 spiro atoms. The molecule has 0 aromatic heterocycles. The molecule has 6 aliphatic rings. The first kappa shape index (κ1) is 76.4. The lowest BCUT2D eigenvalue weighted by Gasteiger charge is -2.24. The Hall–Kier alpha value is -2.71. The van der Waals surface area contributed by atoms with E-state index in [9.17, 15) is 13.2 Å². The maximum Gasteiger partial charge on any atom is 0.154 e. The third-order valence-electron chi connectivity index (χ3n) is 15.6. The summed E-state index contributed by atoms with van der Waals surface area (Å²) >= 11 is 0. The number of hydrogen-bond acceptors (Lipinski definition) is 4. The minimum Gasteiger partial charge on any atom is -0.378 e. The van der Waals surface area contributed by atoms with E-state index in [0.29, 0.717) is 29.3 Å². The summed E-state index contributed by atoms with van der Waals surface area (Å²) < 4.78 is 58.9. The van der Waals surface area contributed by atoms with Crippen LogP contribution in [-0.4, -0.2) is 44.9 Å². The lowest BCUT2D eigenvalue weighted by atomic mass is 9.84. The van der Waals surface area contributed by atoms with Gasteiger partial charge in [0.25, 0.3) is 0 Å². The van der Waals surface area contributed by atoms with Crippen molar-refractivity contribution in [1.82, 2.24) is 0 Å². The van der Waals surface area contributed by atoms with Gasteiger partial charge in [0.05, 0.1) is 25.4 Å². The Labute approximate surface area is 477 Å². The predicted octanol–water partition coefficient (Wildman–Crippen LogP) is 22.0. The molecule has 3 aliphatic carbocycles. The molecule has 4 unspecified atom stereocenters. The van der Waals surface area contributed by atoms with Crippen molar-refractivity contribution in [2.24, 2.45) is 53.3 Å². The zero-order valence-corrected chi connectivity index (χ0v) is 51.5. The molecular formula is C70H125F3O4. The topological polar surface area (TPSA) is 36.9 Å². The first-order chi connectivity index (χ1) is 35.3. The van der Waals surface area contributed by atoms with Crippen molar-refractivity contribution < 1.29 is 33.5 Å². The van der Waals surface area contributed by atoms with E-state index < -0.39 is 11.6 Å². The van der Waals surface area contributed by atoms with Gasteiger partial charge in [-0.15, -0.1) is 0 Å². The number of hydrogen-bond donors (Lipinski definition) is 0. The van der Waals surface area contributed by atoms with Gasteiger partial charge in [-0.1, -0.05) is 202 Å². The lowest BCUT2D eigenvalue weighted by Crippen LogP contribution is -2.27. The summed E-state index contributed by atoms with van der Waals surface area (Å²) in [4.78, 5) is 0. The van der Waals surface area contributed by atoms with Gasteiger partial charge in [0.2, 0.25) is 0 Å². The molecule has 4 atom stereocenters. The van der Waals surface area contributed by atoms with Crippen LogP contribution in [0.15, 0.2) is 54.6 Å². The van der Waals surface area contributed by atoms with E-state index in [2.05, 4.69) is 114 Å². The van der Waals surface area contributed by atoms with E-state index in [-0.39, 0.29) is 34.0 Å². The summed E-state index contributed by atoms with van der Waals surface area (Å²) in [5, 5.41) is 0. The first-order valence-corrected chi connectivity index (χ1v) is 30.0. The van der Waals surface area contributed by atoms with E-state index in [1.165, 1.54) is 139 Å². The Balaban J connectivity index is -0.000000808. The second kappa shape index (κ2) is 44.0. The standard InChI is InChI=1S/C8H8F2.C8H9F.3C8H16.C8H10.2C7H14O.C6H12O2.2CH4.H2/c1-5-3-7(9)6(2)8(10)4-5;1-6-3-4-7(2)8(9)5-6;4*1-7-3-5-8(2)6-4-7;2*1-6-3-4-7(2)8-5-6;1-5-3-7-6(2)8-4-5;;;/h3-4H,1-2H3;3-5H,1-2H3;3*7-8H,3-6H2,1-2H3;3-6H,1-2H3;2*6-7H,3-5H2,1-2H3;5-6H,3-4H2,1-2H3;2*1H4;1H. The van der Waals surface area contributed by atoms with Crippen LogP contribution < -0.4 is 0 Å². The molecule has 6 fully saturated rings. The minimum absolute atomic E-state index is 0. The van der Waals surface area contributed by atoms with E-state index in [1.807, 2.05) is 19.9 Å². The quantitative estimate of drug-likeness (QED) is 0.225. The Morgan fingerprint density at radius 1 is 0.312 bits per heavy atom. The molecule has 3 saturated carbocycles. The maximum absolute atomic E-state index is 12.6. The second-order valence-electron chi connectivity index (χ2n) is 24.8. The molecule has 7 heteroatoms. The van der Waals surface area contributed by atoms with Crippen molar-refractivity contribution >= 4 is 0 Å². The molecule has 3 saturated heterocycles. The van der Waals surface area contributed by atoms with Gasteiger partial charge in [-0.25, -0.2) is 13.2 Å². The molecule has 0 N–H and O–H groups in total. The molecule has 0 amide bonds. The van der Waals surface area contributed by atoms with Crippen LogP contribution in [0.25, 0.3) is 0 Å². The number of aryl methyl sites for hydroxylation is 5. The van der Waals surface area contributed by atoms with Gasteiger partial charge in [0, 0.05) is 26.1 Å². The molecule has 0 radical (unpaired) electrons. The summed E-state index contributed by atoms with van der Waals surface area (Å²) in [6, 6.07) is 16.3. The highest BCUT2D eigenvalue weighted by Crippen LogP contribution is 2.29. The van der Waals surface area contributed by atoms with Crippen LogP contribution >= 0.6 is 0 Å².